The zero-order valence-electron chi connectivity index (χ0n) is 20.1. The number of hydrogen-bond donors (Lipinski definition) is 0. The van der Waals surface area contributed by atoms with Gasteiger partial charge >= 0.3 is 0 Å². The number of thiazole rings is 1. The molecule has 37 heavy (non-hydrogen) atoms. The summed E-state index contributed by atoms with van der Waals surface area (Å²) in [5, 5.41) is 8.17. The highest BCUT2D eigenvalue weighted by atomic mass is 32.1. The van der Waals surface area contributed by atoms with E-state index in [2.05, 4.69) is 0 Å². The van der Waals surface area contributed by atoms with Crippen LogP contribution in [0.15, 0.2) is 106 Å². The summed E-state index contributed by atoms with van der Waals surface area (Å²) in [6.45, 7) is 1.94. The third-order valence-corrected chi connectivity index (χ3v) is 7.77. The Bertz CT molecular complexity index is 1810. The summed E-state index contributed by atoms with van der Waals surface area (Å²) >= 11 is 2.91. The predicted octanol–water partition coefficient (Wildman–Crippen LogP) is 5.75. The molecule has 0 saturated heterocycles. The second kappa shape index (κ2) is 9.61. The van der Waals surface area contributed by atoms with Crippen molar-refractivity contribution in [2.45, 2.75) is 6.92 Å². The second-order valence-electron chi connectivity index (χ2n) is 8.37. The molecule has 3 aromatic heterocycles. The second-order valence-corrected chi connectivity index (χ2v) is 10.2. The van der Waals surface area contributed by atoms with Crippen LogP contribution in [-0.2, 0) is 7.05 Å². The van der Waals surface area contributed by atoms with Crippen LogP contribution in [0.1, 0.15) is 5.69 Å². The van der Waals surface area contributed by atoms with E-state index in [9.17, 15) is 4.79 Å². The standard InChI is InChI=1S/C28H22N6OS2/c1-19-24(26(35)34(32(19)2)22-16-10-5-11-17-22)23-18-36-27(29-23)30-28-33(21-14-8-4-9-15-21)31-25(37-28)20-12-6-3-7-13-20/h3-18H,1-2H3/b30-28-. The zero-order valence-corrected chi connectivity index (χ0v) is 21.8. The van der Waals surface area contributed by atoms with E-state index in [0.717, 1.165) is 27.6 Å². The molecule has 0 spiro atoms. The lowest BCUT2D eigenvalue weighted by Crippen LogP contribution is -2.20. The quantitative estimate of drug-likeness (QED) is 0.289. The lowest BCUT2D eigenvalue weighted by molar-refractivity contribution is 0.630. The molecule has 0 aliphatic carbocycles. The van der Waals surface area contributed by atoms with Crippen molar-refractivity contribution in [3.8, 4) is 33.2 Å². The van der Waals surface area contributed by atoms with Crippen molar-refractivity contribution in [2.24, 2.45) is 12.0 Å². The third-order valence-electron chi connectivity index (χ3n) is 6.08. The van der Waals surface area contributed by atoms with Gasteiger partial charge < -0.3 is 0 Å². The molecule has 0 atom stereocenters. The summed E-state index contributed by atoms with van der Waals surface area (Å²) < 4.78 is 5.37. The van der Waals surface area contributed by atoms with Crippen LogP contribution in [0.3, 0.4) is 0 Å². The molecule has 0 amide bonds. The van der Waals surface area contributed by atoms with Crippen molar-refractivity contribution >= 4 is 27.8 Å². The van der Waals surface area contributed by atoms with E-state index in [4.69, 9.17) is 15.1 Å². The molecule has 6 aromatic rings. The Balaban J connectivity index is 1.46. The minimum atomic E-state index is -0.105. The smallest absolute Gasteiger partial charge is 0.281 e. The van der Waals surface area contributed by atoms with Crippen molar-refractivity contribution in [2.75, 3.05) is 0 Å². The highest BCUT2D eigenvalue weighted by Gasteiger charge is 2.20. The van der Waals surface area contributed by atoms with Gasteiger partial charge in [-0.2, -0.15) is 10.1 Å². The molecule has 3 heterocycles. The van der Waals surface area contributed by atoms with Crippen LogP contribution in [0.25, 0.3) is 33.2 Å². The van der Waals surface area contributed by atoms with Gasteiger partial charge in [-0.15, -0.1) is 11.3 Å². The van der Waals surface area contributed by atoms with Crippen LogP contribution >= 0.6 is 22.7 Å². The van der Waals surface area contributed by atoms with Crippen molar-refractivity contribution in [3.63, 3.8) is 0 Å². The Labute approximate surface area is 220 Å². The molecule has 0 unspecified atom stereocenters. The first-order valence-corrected chi connectivity index (χ1v) is 13.4. The van der Waals surface area contributed by atoms with Gasteiger partial charge in [0.2, 0.25) is 9.93 Å². The molecule has 0 aliphatic heterocycles. The van der Waals surface area contributed by atoms with Crippen LogP contribution in [0.2, 0.25) is 0 Å². The van der Waals surface area contributed by atoms with Gasteiger partial charge in [-0.1, -0.05) is 78.1 Å². The highest BCUT2D eigenvalue weighted by Crippen LogP contribution is 2.28. The molecule has 0 radical (unpaired) electrons. The van der Waals surface area contributed by atoms with Crippen molar-refractivity contribution in [3.05, 3.63) is 117 Å². The van der Waals surface area contributed by atoms with Gasteiger partial charge in [-0.3, -0.25) is 9.48 Å². The largest absolute Gasteiger partial charge is 0.285 e. The average Bonchev–Trinajstić information content (AvgIpc) is 3.63. The monoisotopic (exact) mass is 522 g/mol. The van der Waals surface area contributed by atoms with Gasteiger partial charge in [-0.25, -0.2) is 14.3 Å². The molecular weight excluding hydrogens is 500 g/mol. The fourth-order valence-corrected chi connectivity index (χ4v) is 5.81. The van der Waals surface area contributed by atoms with Gasteiger partial charge in [0.1, 0.15) is 5.01 Å². The molecular formula is C28H22N6OS2. The van der Waals surface area contributed by atoms with Crippen LogP contribution in [0.4, 0.5) is 5.13 Å². The molecule has 6 rings (SSSR count). The van der Waals surface area contributed by atoms with Gasteiger partial charge in [-0.05, 0) is 31.2 Å². The fraction of sp³-hybridized carbons (Fsp3) is 0.0714. The molecule has 0 aliphatic rings. The van der Waals surface area contributed by atoms with Crippen LogP contribution < -0.4 is 10.4 Å². The van der Waals surface area contributed by atoms with Crippen LogP contribution in [-0.4, -0.2) is 24.1 Å². The van der Waals surface area contributed by atoms with Crippen molar-refractivity contribution < 1.29 is 0 Å². The number of rotatable bonds is 5. The molecule has 9 heteroatoms. The van der Waals surface area contributed by atoms with E-state index in [1.54, 1.807) is 4.68 Å². The number of hydrogen-bond acceptors (Lipinski definition) is 6. The summed E-state index contributed by atoms with van der Waals surface area (Å²) in [7, 11) is 1.89. The molecule has 0 bridgehead atoms. The molecule has 3 aromatic carbocycles. The normalized spacial score (nSPS) is 11.8. The highest BCUT2D eigenvalue weighted by molar-refractivity contribution is 7.14. The summed E-state index contributed by atoms with van der Waals surface area (Å²) in [4.78, 5) is 23.8. The third kappa shape index (κ3) is 4.28. The van der Waals surface area contributed by atoms with Crippen molar-refractivity contribution in [1.29, 1.82) is 0 Å². The zero-order chi connectivity index (χ0) is 25.4. The SMILES string of the molecule is Cc1c(-c2csc(/N=c3\sc(-c4ccccc4)nn3-c3ccccc3)n2)c(=O)n(-c2ccccc2)n1C. The van der Waals surface area contributed by atoms with Gasteiger partial charge in [0.15, 0.2) is 0 Å². The van der Waals surface area contributed by atoms with E-state index in [0.29, 0.717) is 21.2 Å². The number of para-hydroxylation sites is 2. The minimum Gasteiger partial charge on any atom is -0.285 e. The maximum absolute atomic E-state index is 13.4. The topological polar surface area (TPSA) is 70.0 Å². The average molecular weight is 523 g/mol. The first-order valence-electron chi connectivity index (χ1n) is 11.7. The number of nitrogens with zero attached hydrogens (tertiary/aromatic N) is 6. The lowest BCUT2D eigenvalue weighted by Gasteiger charge is -2.07. The molecule has 0 saturated carbocycles. The molecule has 0 fully saturated rings. The van der Waals surface area contributed by atoms with E-state index in [1.807, 2.05) is 120 Å². The molecule has 7 nitrogen and oxygen atoms in total. The summed E-state index contributed by atoms with van der Waals surface area (Å²) in [5.74, 6) is 0. The summed E-state index contributed by atoms with van der Waals surface area (Å²) in [6, 6.07) is 29.6. The maximum atomic E-state index is 13.4. The van der Waals surface area contributed by atoms with Gasteiger partial charge in [0.25, 0.3) is 5.56 Å². The fourth-order valence-electron chi connectivity index (χ4n) is 4.16. The number of benzene rings is 3. The van der Waals surface area contributed by atoms with Crippen molar-refractivity contribution in [1.82, 2.24) is 24.1 Å². The predicted molar refractivity (Wildman–Crippen MR) is 149 cm³/mol. The van der Waals surface area contributed by atoms with Crippen LogP contribution in [0.5, 0.6) is 0 Å². The number of aromatic nitrogens is 5. The van der Waals surface area contributed by atoms with Gasteiger partial charge in [0.05, 0.1) is 22.6 Å². The van der Waals surface area contributed by atoms with E-state index >= 15 is 0 Å². The maximum Gasteiger partial charge on any atom is 0.281 e. The van der Waals surface area contributed by atoms with Crippen LogP contribution in [0, 0.1) is 6.92 Å². The Kier molecular flexibility index (Phi) is 5.99. The minimum absolute atomic E-state index is 0.105. The van der Waals surface area contributed by atoms with E-state index in [1.165, 1.54) is 22.7 Å². The first kappa shape index (κ1) is 23.1. The Morgan fingerprint density at radius 3 is 2.14 bits per heavy atom. The Morgan fingerprint density at radius 1 is 0.838 bits per heavy atom. The Morgan fingerprint density at radius 2 is 1.46 bits per heavy atom. The van der Waals surface area contributed by atoms with Gasteiger partial charge in [0, 0.05) is 23.7 Å². The summed E-state index contributed by atoms with van der Waals surface area (Å²) in [5.41, 5.74) is 4.69. The summed E-state index contributed by atoms with van der Waals surface area (Å²) in [6.07, 6.45) is 0. The first-order chi connectivity index (χ1) is 18.1. The molecule has 182 valence electrons. The van der Waals surface area contributed by atoms with E-state index in [-0.39, 0.29) is 5.56 Å². The Hall–Kier alpha value is -4.34. The lowest BCUT2D eigenvalue weighted by atomic mass is 10.2. The van der Waals surface area contributed by atoms with E-state index < -0.39 is 0 Å². The molecule has 0 N–H and O–H groups in total.